The van der Waals surface area contributed by atoms with Gasteiger partial charge in [-0.2, -0.15) is 0 Å². The summed E-state index contributed by atoms with van der Waals surface area (Å²) in [4.78, 5) is 26.8. The lowest BCUT2D eigenvalue weighted by molar-refractivity contribution is -0.131. The van der Waals surface area contributed by atoms with E-state index in [9.17, 15) is 9.59 Å². The molecule has 2 unspecified atom stereocenters. The van der Waals surface area contributed by atoms with Crippen LogP contribution in [-0.4, -0.2) is 41.2 Å². The zero-order valence-corrected chi connectivity index (χ0v) is 11.8. The predicted molar refractivity (Wildman–Crippen MR) is 76.8 cm³/mol. The average Bonchev–Trinajstić information content (AvgIpc) is 2.99. The fraction of sp³-hybridized carbons (Fsp3) is 0.400. The molecular formula is C15H18N2O4. The van der Waals surface area contributed by atoms with E-state index in [1.54, 1.807) is 6.07 Å². The molecule has 1 saturated heterocycles. The third-order valence-electron chi connectivity index (χ3n) is 3.53. The number of hydrogen-bond acceptors (Lipinski definition) is 4. The van der Waals surface area contributed by atoms with Gasteiger partial charge in [-0.05, 0) is 25.5 Å². The molecule has 1 aromatic rings. The normalized spacial score (nSPS) is 19.6. The molecule has 2 atom stereocenters. The lowest BCUT2D eigenvalue weighted by Crippen LogP contribution is -2.38. The molecule has 0 aromatic carbocycles. The Hall–Kier alpha value is -2.21. The van der Waals surface area contributed by atoms with Gasteiger partial charge in [-0.15, -0.1) is 0 Å². The molecule has 1 aromatic heterocycles. The standard InChI is InChI=1S/C15H18N2O4/c1-10(12-5-7-21-9-12)17-15(20)13-4-6-16-8-11(13)2-3-14(18)19/h2-4,6,8,10,12H,5,7,9H2,1H3,(H,17,20)(H,18,19)/b3-2+. The van der Waals surface area contributed by atoms with Gasteiger partial charge in [0.1, 0.15) is 0 Å². The highest BCUT2D eigenvalue weighted by Gasteiger charge is 2.24. The fourth-order valence-corrected chi connectivity index (χ4v) is 2.26. The Morgan fingerprint density at radius 1 is 1.57 bits per heavy atom. The molecule has 2 N–H and O–H groups in total. The molecular weight excluding hydrogens is 272 g/mol. The predicted octanol–water partition coefficient (Wildman–Crippen LogP) is 1.33. The van der Waals surface area contributed by atoms with Crippen LogP contribution in [0.5, 0.6) is 0 Å². The first-order valence-corrected chi connectivity index (χ1v) is 6.81. The molecule has 112 valence electrons. The Kier molecular flexibility index (Phi) is 5.05. The van der Waals surface area contributed by atoms with Crippen molar-refractivity contribution in [1.82, 2.24) is 10.3 Å². The van der Waals surface area contributed by atoms with Crippen molar-refractivity contribution < 1.29 is 19.4 Å². The van der Waals surface area contributed by atoms with Crippen LogP contribution in [-0.2, 0) is 9.53 Å². The molecule has 1 amide bonds. The Balaban J connectivity index is 2.09. The molecule has 21 heavy (non-hydrogen) atoms. The summed E-state index contributed by atoms with van der Waals surface area (Å²) in [6, 6.07) is 1.58. The molecule has 6 nitrogen and oxygen atoms in total. The smallest absolute Gasteiger partial charge is 0.328 e. The van der Waals surface area contributed by atoms with Gasteiger partial charge >= 0.3 is 5.97 Å². The summed E-state index contributed by atoms with van der Waals surface area (Å²) in [6.07, 6.45) is 6.27. The maximum absolute atomic E-state index is 12.3. The Morgan fingerprint density at radius 3 is 3.05 bits per heavy atom. The second-order valence-electron chi connectivity index (χ2n) is 5.02. The molecule has 0 spiro atoms. The largest absolute Gasteiger partial charge is 0.478 e. The van der Waals surface area contributed by atoms with Gasteiger partial charge in [0.2, 0.25) is 0 Å². The van der Waals surface area contributed by atoms with Crippen molar-refractivity contribution in [3.8, 4) is 0 Å². The number of rotatable bonds is 5. The van der Waals surface area contributed by atoms with Crippen LogP contribution in [0.2, 0.25) is 0 Å². The van der Waals surface area contributed by atoms with Crippen molar-refractivity contribution in [3.63, 3.8) is 0 Å². The van der Waals surface area contributed by atoms with Crippen molar-refractivity contribution in [2.45, 2.75) is 19.4 Å². The number of amides is 1. The number of nitrogens with zero attached hydrogens (tertiary/aromatic N) is 1. The molecule has 0 radical (unpaired) electrons. The average molecular weight is 290 g/mol. The first kappa shape index (κ1) is 15.2. The van der Waals surface area contributed by atoms with Crippen molar-refractivity contribution in [3.05, 3.63) is 35.7 Å². The van der Waals surface area contributed by atoms with E-state index in [2.05, 4.69) is 10.3 Å². The van der Waals surface area contributed by atoms with E-state index in [4.69, 9.17) is 9.84 Å². The first-order chi connectivity index (χ1) is 10.1. The summed E-state index contributed by atoms with van der Waals surface area (Å²) >= 11 is 0. The minimum absolute atomic E-state index is 0.00414. The highest BCUT2D eigenvalue weighted by Crippen LogP contribution is 2.17. The van der Waals surface area contributed by atoms with Crippen molar-refractivity contribution >= 4 is 18.0 Å². The molecule has 2 heterocycles. The van der Waals surface area contributed by atoms with E-state index in [1.807, 2.05) is 6.92 Å². The van der Waals surface area contributed by atoms with Gasteiger partial charge in [0.25, 0.3) is 5.91 Å². The number of ether oxygens (including phenoxy) is 1. The highest BCUT2D eigenvalue weighted by molar-refractivity contribution is 5.98. The maximum Gasteiger partial charge on any atom is 0.328 e. The Labute approximate surface area is 122 Å². The SMILES string of the molecule is CC(NC(=O)c1ccncc1/C=C/C(=O)O)C1CCOC1. The van der Waals surface area contributed by atoms with Crippen molar-refractivity contribution in [2.24, 2.45) is 5.92 Å². The number of nitrogens with one attached hydrogen (secondary N) is 1. The van der Waals surface area contributed by atoms with Gasteiger partial charge in [-0.25, -0.2) is 4.79 Å². The van der Waals surface area contributed by atoms with Crippen molar-refractivity contribution in [1.29, 1.82) is 0 Å². The van der Waals surface area contributed by atoms with Gasteiger partial charge in [0.05, 0.1) is 6.61 Å². The van der Waals surface area contributed by atoms with Crippen molar-refractivity contribution in [2.75, 3.05) is 13.2 Å². The van der Waals surface area contributed by atoms with Crippen LogP contribution >= 0.6 is 0 Å². The second kappa shape index (κ2) is 6.99. The quantitative estimate of drug-likeness (QED) is 0.799. The molecule has 0 bridgehead atoms. The van der Waals surface area contributed by atoms with Gasteiger partial charge in [-0.3, -0.25) is 9.78 Å². The van der Waals surface area contributed by atoms with E-state index in [1.165, 1.54) is 18.5 Å². The maximum atomic E-state index is 12.3. The summed E-state index contributed by atoms with van der Waals surface area (Å²) < 4.78 is 5.32. The summed E-state index contributed by atoms with van der Waals surface area (Å²) in [6.45, 7) is 3.33. The number of carbonyl (C=O) groups excluding carboxylic acids is 1. The monoisotopic (exact) mass is 290 g/mol. The topological polar surface area (TPSA) is 88.5 Å². The van der Waals surface area contributed by atoms with Crippen LogP contribution < -0.4 is 5.32 Å². The lowest BCUT2D eigenvalue weighted by atomic mass is 10.00. The van der Waals surface area contributed by atoms with E-state index in [-0.39, 0.29) is 11.9 Å². The van der Waals surface area contributed by atoms with E-state index in [0.717, 1.165) is 19.1 Å². The fourth-order valence-electron chi connectivity index (χ4n) is 2.26. The van der Waals surface area contributed by atoms with E-state index < -0.39 is 5.97 Å². The Bertz CT molecular complexity index is 550. The number of carboxylic acid groups (broad SMARTS) is 1. The number of hydrogen-bond donors (Lipinski definition) is 2. The molecule has 1 aliphatic rings. The third-order valence-corrected chi connectivity index (χ3v) is 3.53. The van der Waals surface area contributed by atoms with E-state index >= 15 is 0 Å². The van der Waals surface area contributed by atoms with Gasteiger partial charge < -0.3 is 15.2 Å². The van der Waals surface area contributed by atoms with Crippen LogP contribution in [0.1, 0.15) is 29.3 Å². The lowest BCUT2D eigenvalue weighted by Gasteiger charge is -2.19. The number of aromatic nitrogens is 1. The van der Waals surface area contributed by atoms with Gasteiger partial charge in [-0.1, -0.05) is 0 Å². The summed E-state index contributed by atoms with van der Waals surface area (Å²) in [7, 11) is 0. The molecule has 2 rings (SSSR count). The van der Waals surface area contributed by atoms with Crippen LogP contribution in [0, 0.1) is 5.92 Å². The first-order valence-electron chi connectivity index (χ1n) is 6.81. The number of aliphatic carboxylic acids is 1. The van der Waals surface area contributed by atoms with Gasteiger partial charge in [0.15, 0.2) is 0 Å². The number of carbonyl (C=O) groups is 2. The highest BCUT2D eigenvalue weighted by atomic mass is 16.5. The van der Waals surface area contributed by atoms with Crippen LogP contribution in [0.15, 0.2) is 24.5 Å². The molecule has 1 fully saturated rings. The second-order valence-corrected chi connectivity index (χ2v) is 5.02. The molecule has 6 heteroatoms. The third kappa shape index (κ3) is 4.13. The molecule has 1 aliphatic heterocycles. The summed E-state index contributed by atoms with van der Waals surface area (Å²) in [5.74, 6) is -0.989. The number of carboxylic acids is 1. The Morgan fingerprint density at radius 2 is 2.38 bits per heavy atom. The van der Waals surface area contributed by atoms with Crippen LogP contribution in [0.4, 0.5) is 0 Å². The van der Waals surface area contributed by atoms with Crippen LogP contribution in [0.3, 0.4) is 0 Å². The zero-order valence-electron chi connectivity index (χ0n) is 11.8. The summed E-state index contributed by atoms with van der Waals surface area (Å²) in [5, 5.41) is 11.6. The zero-order chi connectivity index (χ0) is 15.2. The minimum atomic E-state index is -1.07. The molecule has 0 saturated carbocycles. The minimum Gasteiger partial charge on any atom is -0.478 e. The summed E-state index contributed by atoms with van der Waals surface area (Å²) in [5.41, 5.74) is 0.889. The van der Waals surface area contributed by atoms with Crippen LogP contribution in [0.25, 0.3) is 6.08 Å². The van der Waals surface area contributed by atoms with Gasteiger partial charge in [0, 0.05) is 48.2 Å². The molecule has 0 aliphatic carbocycles. The number of pyridine rings is 1. The van der Waals surface area contributed by atoms with E-state index in [0.29, 0.717) is 23.7 Å².